The first kappa shape index (κ1) is 15.8. The van der Waals surface area contributed by atoms with Crippen molar-refractivity contribution >= 4 is 11.6 Å². The van der Waals surface area contributed by atoms with Crippen LogP contribution < -0.4 is 5.32 Å². The molecule has 21 heavy (non-hydrogen) atoms. The molecular weight excluding hydrogens is 266 g/mol. The Morgan fingerprint density at radius 3 is 2.81 bits per heavy atom. The molecule has 1 amide bonds. The molecule has 0 radical (unpaired) electrons. The van der Waals surface area contributed by atoms with E-state index in [-0.39, 0.29) is 12.0 Å². The zero-order valence-electron chi connectivity index (χ0n) is 12.9. The fourth-order valence-electron chi connectivity index (χ4n) is 2.83. The third-order valence-electron chi connectivity index (χ3n) is 4.14. The molecule has 2 rings (SSSR count). The van der Waals surface area contributed by atoms with Gasteiger partial charge in [-0.2, -0.15) is 0 Å². The molecule has 1 aromatic heterocycles. The van der Waals surface area contributed by atoms with Crippen molar-refractivity contribution in [1.29, 1.82) is 0 Å². The summed E-state index contributed by atoms with van der Waals surface area (Å²) in [4.78, 5) is 18.2. The molecule has 0 spiro atoms. The van der Waals surface area contributed by atoms with Gasteiger partial charge in [-0.15, -0.1) is 0 Å². The fourth-order valence-corrected chi connectivity index (χ4v) is 2.83. The molecule has 2 N–H and O–H groups in total. The van der Waals surface area contributed by atoms with Gasteiger partial charge < -0.3 is 15.3 Å². The molecule has 2 atom stereocenters. The predicted molar refractivity (Wildman–Crippen MR) is 83.3 cm³/mol. The van der Waals surface area contributed by atoms with Gasteiger partial charge in [0.2, 0.25) is 0 Å². The second kappa shape index (κ2) is 7.41. The summed E-state index contributed by atoms with van der Waals surface area (Å²) in [5.74, 6) is 0.482. The molecule has 5 nitrogen and oxygen atoms in total. The lowest BCUT2D eigenvalue weighted by Gasteiger charge is -2.18. The van der Waals surface area contributed by atoms with Gasteiger partial charge in [-0.1, -0.05) is 0 Å². The number of anilines is 1. The predicted octanol–water partition coefficient (Wildman–Crippen LogP) is 2.14. The molecule has 116 valence electrons. The summed E-state index contributed by atoms with van der Waals surface area (Å²) in [5.41, 5.74) is 1.40. The fraction of sp³-hybridized carbons (Fsp3) is 0.625. The lowest BCUT2D eigenvalue weighted by molar-refractivity contribution is 0.0767. The quantitative estimate of drug-likeness (QED) is 0.843. The molecule has 1 fully saturated rings. The SMILES string of the molecule is CCN(CC)C(=O)c1cc(NCC2CCC(O)C2)ccn1. The van der Waals surface area contributed by atoms with Crippen LogP contribution in [0.25, 0.3) is 0 Å². The molecule has 0 aromatic carbocycles. The van der Waals surface area contributed by atoms with Crippen molar-refractivity contribution in [3.63, 3.8) is 0 Å². The van der Waals surface area contributed by atoms with Crippen LogP contribution in [0.3, 0.4) is 0 Å². The Hall–Kier alpha value is -1.62. The van der Waals surface area contributed by atoms with Gasteiger partial charge in [-0.3, -0.25) is 9.78 Å². The first-order chi connectivity index (χ1) is 10.1. The number of aliphatic hydroxyl groups is 1. The Kier molecular flexibility index (Phi) is 5.56. The minimum absolute atomic E-state index is 0.0278. The first-order valence-electron chi connectivity index (χ1n) is 7.81. The second-order valence-corrected chi connectivity index (χ2v) is 5.62. The van der Waals surface area contributed by atoms with Gasteiger partial charge in [0.05, 0.1) is 6.10 Å². The molecular formula is C16H25N3O2. The van der Waals surface area contributed by atoms with Crippen LogP contribution in [0.15, 0.2) is 18.3 Å². The van der Waals surface area contributed by atoms with E-state index in [4.69, 9.17) is 0 Å². The molecule has 1 aliphatic rings. The van der Waals surface area contributed by atoms with E-state index in [0.29, 0.717) is 24.7 Å². The van der Waals surface area contributed by atoms with Crippen LogP contribution in [0, 0.1) is 5.92 Å². The van der Waals surface area contributed by atoms with Crippen molar-refractivity contribution in [2.45, 2.75) is 39.2 Å². The average Bonchev–Trinajstić information content (AvgIpc) is 2.92. The summed E-state index contributed by atoms with van der Waals surface area (Å²) in [7, 11) is 0. The number of pyridine rings is 1. The lowest BCUT2D eigenvalue weighted by Crippen LogP contribution is -2.31. The van der Waals surface area contributed by atoms with Crippen LogP contribution >= 0.6 is 0 Å². The third kappa shape index (κ3) is 4.17. The van der Waals surface area contributed by atoms with Crippen molar-refractivity contribution in [3.05, 3.63) is 24.0 Å². The molecule has 0 bridgehead atoms. The van der Waals surface area contributed by atoms with Gasteiger partial charge in [-0.05, 0) is 51.2 Å². The Labute approximate surface area is 126 Å². The number of hydrogen-bond donors (Lipinski definition) is 2. The molecule has 1 aromatic rings. The number of aromatic nitrogens is 1. The van der Waals surface area contributed by atoms with Gasteiger partial charge in [0.15, 0.2) is 0 Å². The topological polar surface area (TPSA) is 65.5 Å². The lowest BCUT2D eigenvalue weighted by atomic mass is 10.1. The maximum absolute atomic E-state index is 12.3. The van der Waals surface area contributed by atoms with Crippen LogP contribution in [-0.4, -0.2) is 46.6 Å². The van der Waals surface area contributed by atoms with Gasteiger partial charge in [-0.25, -0.2) is 0 Å². The molecule has 0 saturated heterocycles. The number of nitrogens with zero attached hydrogens (tertiary/aromatic N) is 2. The Morgan fingerprint density at radius 1 is 1.43 bits per heavy atom. The zero-order chi connectivity index (χ0) is 15.2. The van der Waals surface area contributed by atoms with E-state index in [0.717, 1.165) is 31.5 Å². The van der Waals surface area contributed by atoms with Crippen LogP contribution in [0.1, 0.15) is 43.6 Å². The van der Waals surface area contributed by atoms with Crippen LogP contribution in [0.4, 0.5) is 5.69 Å². The maximum atomic E-state index is 12.3. The standard InChI is InChI=1S/C16H25N3O2/c1-3-19(4-2)16(21)15-10-13(7-8-17-15)18-11-12-5-6-14(20)9-12/h7-8,10,12,14,20H,3-6,9,11H2,1-2H3,(H,17,18). The van der Waals surface area contributed by atoms with Crippen LogP contribution in [0.5, 0.6) is 0 Å². The highest BCUT2D eigenvalue weighted by Gasteiger charge is 2.22. The van der Waals surface area contributed by atoms with Gasteiger partial charge in [0.25, 0.3) is 5.91 Å². The molecule has 0 aliphatic heterocycles. The molecule has 2 unspecified atom stereocenters. The van der Waals surface area contributed by atoms with E-state index >= 15 is 0 Å². The van der Waals surface area contributed by atoms with E-state index < -0.39 is 0 Å². The second-order valence-electron chi connectivity index (χ2n) is 5.62. The summed E-state index contributed by atoms with van der Waals surface area (Å²) in [6, 6.07) is 3.69. The number of carbonyl (C=O) groups is 1. The zero-order valence-corrected chi connectivity index (χ0v) is 12.9. The summed E-state index contributed by atoms with van der Waals surface area (Å²) in [6.45, 7) is 6.15. The molecule has 1 heterocycles. The van der Waals surface area contributed by atoms with E-state index in [2.05, 4.69) is 10.3 Å². The summed E-state index contributed by atoms with van der Waals surface area (Å²) >= 11 is 0. The Balaban J connectivity index is 1.95. The minimum Gasteiger partial charge on any atom is -0.393 e. The average molecular weight is 291 g/mol. The number of amides is 1. The molecule has 5 heteroatoms. The minimum atomic E-state index is -0.144. The van der Waals surface area contributed by atoms with E-state index in [1.165, 1.54) is 0 Å². The number of rotatable bonds is 6. The van der Waals surface area contributed by atoms with E-state index in [1.54, 1.807) is 11.1 Å². The van der Waals surface area contributed by atoms with Crippen molar-refractivity contribution in [1.82, 2.24) is 9.88 Å². The summed E-state index contributed by atoms with van der Waals surface area (Å²) in [5, 5.41) is 12.9. The highest BCUT2D eigenvalue weighted by molar-refractivity contribution is 5.93. The number of nitrogens with one attached hydrogen (secondary N) is 1. The van der Waals surface area contributed by atoms with E-state index in [9.17, 15) is 9.90 Å². The van der Waals surface area contributed by atoms with Gasteiger partial charge in [0, 0.05) is 31.5 Å². The highest BCUT2D eigenvalue weighted by atomic mass is 16.3. The third-order valence-corrected chi connectivity index (χ3v) is 4.14. The monoisotopic (exact) mass is 291 g/mol. The summed E-state index contributed by atoms with van der Waals surface area (Å²) in [6.07, 6.45) is 4.35. The van der Waals surface area contributed by atoms with Crippen LogP contribution in [0.2, 0.25) is 0 Å². The smallest absolute Gasteiger partial charge is 0.272 e. The number of aliphatic hydroxyl groups excluding tert-OH is 1. The molecule has 1 saturated carbocycles. The summed E-state index contributed by atoms with van der Waals surface area (Å²) < 4.78 is 0. The maximum Gasteiger partial charge on any atom is 0.272 e. The Bertz CT molecular complexity index is 474. The first-order valence-corrected chi connectivity index (χ1v) is 7.81. The number of carbonyl (C=O) groups excluding carboxylic acids is 1. The highest BCUT2D eigenvalue weighted by Crippen LogP contribution is 2.25. The van der Waals surface area contributed by atoms with Gasteiger partial charge >= 0.3 is 0 Å². The number of hydrogen-bond acceptors (Lipinski definition) is 4. The largest absolute Gasteiger partial charge is 0.393 e. The van der Waals surface area contributed by atoms with E-state index in [1.807, 2.05) is 26.0 Å². The molecule has 1 aliphatic carbocycles. The van der Waals surface area contributed by atoms with Crippen molar-refractivity contribution in [2.75, 3.05) is 25.0 Å². The Morgan fingerprint density at radius 2 is 2.19 bits per heavy atom. The normalized spacial score (nSPS) is 21.3. The van der Waals surface area contributed by atoms with Crippen molar-refractivity contribution < 1.29 is 9.90 Å². The van der Waals surface area contributed by atoms with Crippen LogP contribution in [-0.2, 0) is 0 Å². The van der Waals surface area contributed by atoms with Gasteiger partial charge in [0.1, 0.15) is 5.69 Å². The van der Waals surface area contributed by atoms with Crippen molar-refractivity contribution in [2.24, 2.45) is 5.92 Å². The van der Waals surface area contributed by atoms with Crippen molar-refractivity contribution in [3.8, 4) is 0 Å².